The molecular formula is C10H11BrOS. The normalized spacial score (nSPS) is 14.9. The third-order valence-corrected chi connectivity index (χ3v) is 2.88. The summed E-state index contributed by atoms with van der Waals surface area (Å²) in [6, 6.07) is 9.95. The SMILES string of the molecule is O=CC(Br)CC(S)c1ccccc1. The Morgan fingerprint density at radius 1 is 1.38 bits per heavy atom. The summed E-state index contributed by atoms with van der Waals surface area (Å²) in [7, 11) is 0. The predicted molar refractivity (Wildman–Crippen MR) is 61.6 cm³/mol. The molecule has 1 aromatic rings. The summed E-state index contributed by atoms with van der Waals surface area (Å²) in [6.07, 6.45) is 1.61. The number of carbonyl (C=O) groups is 1. The van der Waals surface area contributed by atoms with Crippen LogP contribution in [0.25, 0.3) is 0 Å². The van der Waals surface area contributed by atoms with Crippen molar-refractivity contribution in [2.24, 2.45) is 0 Å². The average Bonchev–Trinajstić information content (AvgIpc) is 2.19. The molecule has 0 heterocycles. The van der Waals surface area contributed by atoms with Gasteiger partial charge in [-0.25, -0.2) is 0 Å². The molecule has 0 bridgehead atoms. The van der Waals surface area contributed by atoms with Gasteiger partial charge in [0.1, 0.15) is 6.29 Å². The molecule has 0 radical (unpaired) electrons. The Balaban J connectivity index is 2.58. The zero-order chi connectivity index (χ0) is 9.68. The Morgan fingerprint density at radius 3 is 2.54 bits per heavy atom. The first-order valence-electron chi connectivity index (χ1n) is 4.06. The molecule has 0 spiro atoms. The lowest BCUT2D eigenvalue weighted by Gasteiger charge is -2.11. The summed E-state index contributed by atoms with van der Waals surface area (Å²) in [4.78, 5) is 10.3. The van der Waals surface area contributed by atoms with Crippen molar-refractivity contribution in [2.75, 3.05) is 0 Å². The van der Waals surface area contributed by atoms with E-state index >= 15 is 0 Å². The second-order valence-corrected chi connectivity index (χ2v) is 4.61. The summed E-state index contributed by atoms with van der Waals surface area (Å²) < 4.78 is 0. The standard InChI is InChI=1S/C10H11BrOS/c11-9(7-12)6-10(13)8-4-2-1-3-5-8/h1-5,7,9-10,13H,6H2. The van der Waals surface area contributed by atoms with E-state index < -0.39 is 0 Å². The molecule has 13 heavy (non-hydrogen) atoms. The number of aldehydes is 1. The Labute approximate surface area is 92.1 Å². The molecule has 0 fully saturated rings. The highest BCUT2D eigenvalue weighted by molar-refractivity contribution is 9.09. The first-order chi connectivity index (χ1) is 6.24. The van der Waals surface area contributed by atoms with Crippen molar-refractivity contribution >= 4 is 34.8 Å². The summed E-state index contributed by atoms with van der Waals surface area (Å²) >= 11 is 7.68. The fourth-order valence-corrected chi connectivity index (χ4v) is 2.14. The number of rotatable bonds is 4. The minimum atomic E-state index is -0.102. The smallest absolute Gasteiger partial charge is 0.133 e. The van der Waals surface area contributed by atoms with Gasteiger partial charge in [-0.3, -0.25) is 0 Å². The van der Waals surface area contributed by atoms with E-state index in [9.17, 15) is 4.79 Å². The molecule has 2 atom stereocenters. The van der Waals surface area contributed by atoms with Crippen molar-refractivity contribution in [3.05, 3.63) is 35.9 Å². The third-order valence-electron chi connectivity index (χ3n) is 1.78. The van der Waals surface area contributed by atoms with E-state index in [2.05, 4.69) is 28.6 Å². The van der Waals surface area contributed by atoms with E-state index in [1.54, 1.807) is 0 Å². The Bertz CT molecular complexity index is 263. The van der Waals surface area contributed by atoms with Crippen molar-refractivity contribution in [1.29, 1.82) is 0 Å². The molecule has 0 N–H and O–H groups in total. The molecule has 1 nitrogen and oxygen atoms in total. The van der Waals surface area contributed by atoms with Gasteiger partial charge in [0.2, 0.25) is 0 Å². The summed E-state index contributed by atoms with van der Waals surface area (Å²) in [6.45, 7) is 0. The van der Waals surface area contributed by atoms with Gasteiger partial charge in [0.15, 0.2) is 0 Å². The second kappa shape index (κ2) is 5.45. The van der Waals surface area contributed by atoms with Crippen molar-refractivity contribution in [3.63, 3.8) is 0 Å². The van der Waals surface area contributed by atoms with Crippen LogP contribution in [0, 0.1) is 0 Å². The number of thiol groups is 1. The van der Waals surface area contributed by atoms with Crippen LogP contribution < -0.4 is 0 Å². The van der Waals surface area contributed by atoms with Crippen LogP contribution in [0.2, 0.25) is 0 Å². The molecule has 3 heteroatoms. The molecule has 0 saturated heterocycles. The number of hydrogen-bond acceptors (Lipinski definition) is 2. The maximum absolute atomic E-state index is 10.4. The molecule has 2 unspecified atom stereocenters. The number of hydrogen-bond donors (Lipinski definition) is 1. The van der Waals surface area contributed by atoms with Crippen LogP contribution in [0.3, 0.4) is 0 Å². The maximum Gasteiger partial charge on any atom is 0.133 e. The fourth-order valence-electron chi connectivity index (χ4n) is 1.08. The van der Waals surface area contributed by atoms with Crippen molar-refractivity contribution in [3.8, 4) is 0 Å². The van der Waals surface area contributed by atoms with Gasteiger partial charge in [0, 0.05) is 5.25 Å². The molecule has 0 amide bonds. The van der Waals surface area contributed by atoms with Crippen molar-refractivity contribution < 1.29 is 4.79 Å². The number of halogens is 1. The van der Waals surface area contributed by atoms with Gasteiger partial charge in [-0.15, -0.1) is 0 Å². The van der Waals surface area contributed by atoms with E-state index in [-0.39, 0.29) is 10.1 Å². The lowest BCUT2D eigenvalue weighted by molar-refractivity contribution is -0.107. The fraction of sp³-hybridized carbons (Fsp3) is 0.300. The van der Waals surface area contributed by atoms with Crippen LogP contribution in [0.1, 0.15) is 17.2 Å². The quantitative estimate of drug-likeness (QED) is 0.499. The zero-order valence-electron chi connectivity index (χ0n) is 7.06. The highest BCUT2D eigenvalue weighted by Gasteiger charge is 2.11. The molecule has 0 aliphatic carbocycles. The molecule has 0 aliphatic heterocycles. The number of carbonyl (C=O) groups excluding carboxylic acids is 1. The average molecular weight is 259 g/mol. The van der Waals surface area contributed by atoms with Crippen molar-refractivity contribution in [1.82, 2.24) is 0 Å². The Morgan fingerprint density at radius 2 is 2.00 bits per heavy atom. The third kappa shape index (κ3) is 3.53. The van der Waals surface area contributed by atoms with Crippen molar-refractivity contribution in [2.45, 2.75) is 16.5 Å². The van der Waals surface area contributed by atoms with Crippen LogP contribution in [-0.2, 0) is 4.79 Å². The Kier molecular flexibility index (Phi) is 4.53. The Hall–Kier alpha value is -0.280. The molecule has 0 aromatic heterocycles. The van der Waals surface area contributed by atoms with Crippen LogP contribution in [0.15, 0.2) is 30.3 Å². The van der Waals surface area contributed by atoms with Gasteiger partial charge >= 0.3 is 0 Å². The second-order valence-electron chi connectivity index (χ2n) is 2.81. The summed E-state index contributed by atoms with van der Waals surface area (Å²) in [5.41, 5.74) is 1.15. The molecule has 0 aliphatic rings. The lowest BCUT2D eigenvalue weighted by Crippen LogP contribution is -2.03. The molecule has 1 aromatic carbocycles. The number of benzene rings is 1. The van der Waals surface area contributed by atoms with Gasteiger partial charge in [-0.05, 0) is 12.0 Å². The highest BCUT2D eigenvalue weighted by Crippen LogP contribution is 2.26. The first-order valence-corrected chi connectivity index (χ1v) is 5.49. The van der Waals surface area contributed by atoms with Gasteiger partial charge < -0.3 is 4.79 Å². The first kappa shape index (κ1) is 10.8. The summed E-state index contributed by atoms with van der Waals surface area (Å²) in [5, 5.41) is 0.121. The molecule has 1 rings (SSSR count). The van der Waals surface area contributed by atoms with Gasteiger partial charge in [-0.1, -0.05) is 46.3 Å². The van der Waals surface area contributed by atoms with Crippen LogP contribution >= 0.6 is 28.6 Å². The largest absolute Gasteiger partial charge is 0.302 e. The monoisotopic (exact) mass is 258 g/mol. The van der Waals surface area contributed by atoms with Crippen LogP contribution in [0.5, 0.6) is 0 Å². The van der Waals surface area contributed by atoms with Gasteiger partial charge in [0.25, 0.3) is 0 Å². The zero-order valence-corrected chi connectivity index (χ0v) is 9.54. The van der Waals surface area contributed by atoms with Crippen LogP contribution in [-0.4, -0.2) is 11.1 Å². The lowest BCUT2D eigenvalue weighted by atomic mass is 10.1. The highest BCUT2D eigenvalue weighted by atomic mass is 79.9. The summed E-state index contributed by atoms with van der Waals surface area (Å²) in [5.74, 6) is 0. The van der Waals surface area contributed by atoms with Gasteiger partial charge in [-0.2, -0.15) is 12.6 Å². The molecular weight excluding hydrogens is 248 g/mol. The van der Waals surface area contributed by atoms with E-state index in [1.165, 1.54) is 0 Å². The van der Waals surface area contributed by atoms with E-state index in [4.69, 9.17) is 0 Å². The van der Waals surface area contributed by atoms with E-state index in [1.807, 2.05) is 30.3 Å². The van der Waals surface area contributed by atoms with Gasteiger partial charge in [0.05, 0.1) is 4.83 Å². The predicted octanol–water partition coefficient (Wildman–Crippen LogP) is 3.01. The molecule has 70 valence electrons. The minimum absolute atomic E-state index is 0.102. The topological polar surface area (TPSA) is 17.1 Å². The van der Waals surface area contributed by atoms with Crippen LogP contribution in [0.4, 0.5) is 0 Å². The molecule has 0 saturated carbocycles. The van der Waals surface area contributed by atoms with E-state index in [0.29, 0.717) is 0 Å². The maximum atomic E-state index is 10.4. The number of alkyl halides is 1. The minimum Gasteiger partial charge on any atom is -0.302 e. The van der Waals surface area contributed by atoms with E-state index in [0.717, 1.165) is 18.3 Å².